The molecule has 1 unspecified atom stereocenters. The van der Waals surface area contributed by atoms with Crippen LogP contribution in [0.1, 0.15) is 17.3 Å². The minimum absolute atomic E-state index is 0.160. The Balaban J connectivity index is 2.12. The van der Waals surface area contributed by atoms with Gasteiger partial charge in [0.25, 0.3) is 0 Å². The quantitative estimate of drug-likeness (QED) is 0.870. The maximum absolute atomic E-state index is 11.1. The third-order valence-corrected chi connectivity index (χ3v) is 3.53. The lowest BCUT2D eigenvalue weighted by atomic mass is 10.1. The van der Waals surface area contributed by atoms with Gasteiger partial charge >= 0.3 is 5.97 Å². The molecule has 0 saturated carbocycles. The predicted molar refractivity (Wildman–Crippen MR) is 68.8 cm³/mol. The number of nitrogens with one attached hydrogen (secondary N) is 1. The highest BCUT2D eigenvalue weighted by atomic mass is 32.1. The van der Waals surface area contributed by atoms with Crippen molar-refractivity contribution in [2.75, 3.05) is 5.32 Å². The van der Waals surface area contributed by atoms with Gasteiger partial charge in [0, 0.05) is 6.07 Å². The normalized spacial score (nSPS) is 17.8. The van der Waals surface area contributed by atoms with Gasteiger partial charge in [0.1, 0.15) is 17.6 Å². The van der Waals surface area contributed by atoms with Gasteiger partial charge in [-0.3, -0.25) is 0 Å². The number of nitrogens with zero attached hydrogens (tertiary/aromatic N) is 2. The molecule has 0 saturated heterocycles. The molecule has 0 fully saturated rings. The van der Waals surface area contributed by atoms with Gasteiger partial charge in [0.2, 0.25) is 0 Å². The lowest BCUT2D eigenvalue weighted by Crippen LogP contribution is -2.23. The number of anilines is 1. The van der Waals surface area contributed by atoms with Crippen LogP contribution >= 0.6 is 11.3 Å². The molecule has 2 aromatic rings. The van der Waals surface area contributed by atoms with E-state index in [1.165, 1.54) is 0 Å². The molecule has 1 aliphatic rings. The summed E-state index contributed by atoms with van der Waals surface area (Å²) >= 11 is 1.59. The fourth-order valence-corrected chi connectivity index (χ4v) is 2.73. The number of hydrogen-bond acceptors (Lipinski definition) is 4. The fraction of sp³-hybridized carbons (Fsp3) is 0.167. The van der Waals surface area contributed by atoms with E-state index in [1.54, 1.807) is 17.4 Å². The van der Waals surface area contributed by atoms with Crippen LogP contribution in [-0.4, -0.2) is 20.9 Å². The highest BCUT2D eigenvalue weighted by Gasteiger charge is 2.25. The number of carboxylic acids is 1. The van der Waals surface area contributed by atoms with Crippen LogP contribution in [0.3, 0.4) is 0 Å². The molecule has 0 amide bonds. The first-order valence-corrected chi connectivity index (χ1v) is 6.40. The van der Waals surface area contributed by atoms with E-state index in [4.69, 9.17) is 5.11 Å². The molecule has 0 aromatic carbocycles. The van der Waals surface area contributed by atoms with Gasteiger partial charge in [-0.25, -0.2) is 9.48 Å². The van der Waals surface area contributed by atoms with E-state index in [1.807, 2.05) is 34.5 Å². The summed E-state index contributed by atoms with van der Waals surface area (Å²) in [6.45, 7) is 1.89. The zero-order valence-electron chi connectivity index (χ0n) is 9.62. The molecular formula is C12H11N3O2S. The van der Waals surface area contributed by atoms with Crippen LogP contribution in [0.2, 0.25) is 0 Å². The maximum atomic E-state index is 11.1. The number of carbonyl (C=O) groups is 1. The average molecular weight is 261 g/mol. The smallest absolute Gasteiger partial charge is 0.352 e. The number of aryl methyl sites for hydroxylation is 1. The highest BCUT2D eigenvalue weighted by Crippen LogP contribution is 2.31. The summed E-state index contributed by atoms with van der Waals surface area (Å²) in [5.41, 5.74) is 2.10. The highest BCUT2D eigenvalue weighted by molar-refractivity contribution is 7.08. The number of allylic oxidation sites excluding steroid dienone is 1. The van der Waals surface area contributed by atoms with Crippen LogP contribution in [0.15, 0.2) is 34.7 Å². The average Bonchev–Trinajstić information content (AvgIpc) is 2.94. The van der Waals surface area contributed by atoms with Crippen molar-refractivity contribution in [1.82, 2.24) is 9.78 Å². The number of rotatable bonds is 2. The zero-order chi connectivity index (χ0) is 12.7. The van der Waals surface area contributed by atoms with Gasteiger partial charge < -0.3 is 10.4 Å². The van der Waals surface area contributed by atoms with Gasteiger partial charge in [-0.15, -0.1) is 0 Å². The second-order valence-electron chi connectivity index (χ2n) is 4.13. The minimum Gasteiger partial charge on any atom is -0.477 e. The first kappa shape index (κ1) is 11.0. The summed E-state index contributed by atoms with van der Waals surface area (Å²) in [5.74, 6) is -0.246. The van der Waals surface area contributed by atoms with Gasteiger partial charge in [-0.2, -0.15) is 16.4 Å². The molecule has 3 heterocycles. The number of aromatic nitrogens is 2. The van der Waals surface area contributed by atoms with Gasteiger partial charge in [0.15, 0.2) is 0 Å². The lowest BCUT2D eigenvalue weighted by molar-refractivity contribution is -0.132. The van der Waals surface area contributed by atoms with Crippen molar-refractivity contribution in [1.29, 1.82) is 0 Å². The Bertz CT molecular complexity index is 628. The Morgan fingerprint density at radius 2 is 2.44 bits per heavy atom. The third-order valence-electron chi connectivity index (χ3n) is 2.82. The van der Waals surface area contributed by atoms with E-state index in [0.29, 0.717) is 5.82 Å². The number of aliphatic carboxylic acids is 1. The van der Waals surface area contributed by atoms with E-state index in [-0.39, 0.29) is 11.7 Å². The lowest BCUT2D eigenvalue weighted by Gasteiger charge is -2.22. The molecule has 2 N–H and O–H groups in total. The number of carboxylic acid groups (broad SMARTS) is 1. The van der Waals surface area contributed by atoms with Crippen molar-refractivity contribution in [3.8, 4) is 0 Å². The topological polar surface area (TPSA) is 67.2 Å². The summed E-state index contributed by atoms with van der Waals surface area (Å²) in [5, 5.41) is 20.4. The molecular weight excluding hydrogens is 250 g/mol. The molecule has 5 nitrogen and oxygen atoms in total. The van der Waals surface area contributed by atoms with Crippen molar-refractivity contribution < 1.29 is 9.90 Å². The molecule has 0 spiro atoms. The number of fused-ring (bicyclic) bond motifs is 1. The Hall–Kier alpha value is -2.08. The Kier molecular flexibility index (Phi) is 2.45. The van der Waals surface area contributed by atoms with Crippen molar-refractivity contribution in [2.24, 2.45) is 0 Å². The van der Waals surface area contributed by atoms with Gasteiger partial charge in [-0.05, 0) is 35.4 Å². The van der Waals surface area contributed by atoms with Crippen LogP contribution in [0, 0.1) is 6.92 Å². The van der Waals surface area contributed by atoms with Crippen LogP contribution in [0.4, 0.5) is 5.82 Å². The summed E-state index contributed by atoms with van der Waals surface area (Å²) < 4.78 is 1.81. The van der Waals surface area contributed by atoms with E-state index in [9.17, 15) is 4.79 Å². The monoisotopic (exact) mass is 261 g/mol. The number of thiophene rings is 1. The fourth-order valence-electron chi connectivity index (χ4n) is 2.04. The van der Waals surface area contributed by atoms with Crippen LogP contribution < -0.4 is 5.32 Å². The van der Waals surface area contributed by atoms with E-state index < -0.39 is 5.97 Å². The second kappa shape index (κ2) is 3.99. The van der Waals surface area contributed by atoms with Crippen molar-refractivity contribution in [2.45, 2.75) is 13.0 Å². The summed E-state index contributed by atoms with van der Waals surface area (Å²) in [6.07, 6.45) is 1.68. The van der Waals surface area contributed by atoms with E-state index >= 15 is 0 Å². The maximum Gasteiger partial charge on any atom is 0.352 e. The Morgan fingerprint density at radius 1 is 1.61 bits per heavy atom. The molecule has 18 heavy (non-hydrogen) atoms. The first-order chi connectivity index (χ1) is 8.65. The predicted octanol–water partition coefficient (Wildman–Crippen LogP) is 2.24. The van der Waals surface area contributed by atoms with Crippen LogP contribution in [-0.2, 0) is 4.79 Å². The first-order valence-electron chi connectivity index (χ1n) is 5.45. The minimum atomic E-state index is -0.958. The molecule has 3 rings (SSSR count). The molecule has 1 atom stereocenters. The van der Waals surface area contributed by atoms with E-state index in [2.05, 4.69) is 10.4 Å². The summed E-state index contributed by atoms with van der Waals surface area (Å²) in [7, 11) is 0. The van der Waals surface area contributed by atoms with E-state index in [0.717, 1.165) is 11.3 Å². The molecule has 0 aliphatic carbocycles. The standard InChI is InChI=1S/C12H11N3O2S/c1-7-4-11-13-9(12(16)17)5-10(15(11)14-7)8-2-3-18-6-8/h2-6,10,13H,1H3,(H,16,17). The van der Waals surface area contributed by atoms with Crippen LogP contribution in [0.5, 0.6) is 0 Å². The second-order valence-corrected chi connectivity index (χ2v) is 4.91. The van der Waals surface area contributed by atoms with Crippen LogP contribution in [0.25, 0.3) is 0 Å². The van der Waals surface area contributed by atoms with Crippen molar-refractivity contribution in [3.63, 3.8) is 0 Å². The largest absolute Gasteiger partial charge is 0.477 e. The van der Waals surface area contributed by atoms with Crippen molar-refractivity contribution in [3.05, 3.63) is 45.9 Å². The molecule has 2 aromatic heterocycles. The molecule has 1 aliphatic heterocycles. The third kappa shape index (κ3) is 1.70. The van der Waals surface area contributed by atoms with Crippen molar-refractivity contribution >= 4 is 23.1 Å². The Morgan fingerprint density at radius 3 is 3.11 bits per heavy atom. The summed E-state index contributed by atoms with van der Waals surface area (Å²) in [4.78, 5) is 11.1. The van der Waals surface area contributed by atoms with Gasteiger partial charge in [-0.1, -0.05) is 0 Å². The van der Waals surface area contributed by atoms with Gasteiger partial charge in [0.05, 0.1) is 5.69 Å². The molecule has 0 radical (unpaired) electrons. The number of hydrogen-bond donors (Lipinski definition) is 2. The Labute approximate surface area is 107 Å². The molecule has 92 valence electrons. The summed E-state index contributed by atoms with van der Waals surface area (Å²) in [6, 6.07) is 3.67. The molecule has 0 bridgehead atoms. The molecule has 6 heteroatoms. The zero-order valence-corrected chi connectivity index (χ0v) is 10.4. The SMILES string of the molecule is Cc1cc2n(n1)C(c1ccsc1)C=C(C(=O)O)N2.